The van der Waals surface area contributed by atoms with E-state index in [1.807, 2.05) is 49.4 Å². The summed E-state index contributed by atoms with van der Waals surface area (Å²) in [6, 6.07) is 14.1. The molecular weight excluding hydrogens is 274 g/mol. The molecular formula is C16H16ClNO2. The Morgan fingerprint density at radius 1 is 1.20 bits per heavy atom. The van der Waals surface area contributed by atoms with Crippen molar-refractivity contribution in [3.8, 4) is 0 Å². The molecule has 2 rings (SSSR count). The van der Waals surface area contributed by atoms with Gasteiger partial charge in [-0.25, -0.2) is 0 Å². The number of hydrogen-bond acceptors (Lipinski definition) is 2. The molecule has 0 aromatic heterocycles. The van der Waals surface area contributed by atoms with Crippen LogP contribution < -0.4 is 5.32 Å². The van der Waals surface area contributed by atoms with Crippen molar-refractivity contribution in [2.75, 3.05) is 0 Å². The second kappa shape index (κ2) is 6.55. The van der Waals surface area contributed by atoms with Gasteiger partial charge >= 0.3 is 5.97 Å². The summed E-state index contributed by atoms with van der Waals surface area (Å²) >= 11 is 6.08. The summed E-state index contributed by atoms with van der Waals surface area (Å²) in [5, 5.41) is 13.1. The summed E-state index contributed by atoms with van der Waals surface area (Å²) in [7, 11) is 0. The smallest absolute Gasteiger partial charge is 0.325 e. The molecule has 104 valence electrons. The number of aryl methyl sites for hydroxylation is 1. The lowest BCUT2D eigenvalue weighted by molar-refractivity contribution is -0.139. The predicted molar refractivity (Wildman–Crippen MR) is 79.8 cm³/mol. The van der Waals surface area contributed by atoms with Crippen LogP contribution in [0.25, 0.3) is 0 Å². The van der Waals surface area contributed by atoms with Gasteiger partial charge in [0.25, 0.3) is 0 Å². The van der Waals surface area contributed by atoms with Gasteiger partial charge in [-0.2, -0.15) is 0 Å². The third-order valence-corrected chi connectivity index (χ3v) is 3.57. The first-order chi connectivity index (χ1) is 9.59. The molecule has 0 aliphatic carbocycles. The molecule has 2 aromatic rings. The highest BCUT2D eigenvalue weighted by Gasteiger charge is 2.20. The first-order valence-electron chi connectivity index (χ1n) is 6.34. The molecule has 0 fully saturated rings. The van der Waals surface area contributed by atoms with E-state index < -0.39 is 12.0 Å². The van der Waals surface area contributed by atoms with Gasteiger partial charge in [-0.1, -0.05) is 54.1 Å². The van der Waals surface area contributed by atoms with Crippen LogP contribution in [0.2, 0.25) is 5.02 Å². The molecule has 1 atom stereocenters. The highest BCUT2D eigenvalue weighted by Crippen LogP contribution is 2.20. The Hall–Kier alpha value is -1.84. The fourth-order valence-electron chi connectivity index (χ4n) is 2.09. The molecule has 0 bridgehead atoms. The van der Waals surface area contributed by atoms with Crippen LogP contribution in [0.1, 0.15) is 22.7 Å². The van der Waals surface area contributed by atoms with Gasteiger partial charge in [-0.15, -0.1) is 0 Å². The zero-order valence-corrected chi connectivity index (χ0v) is 11.9. The molecule has 2 aromatic carbocycles. The summed E-state index contributed by atoms with van der Waals surface area (Å²) < 4.78 is 0. The van der Waals surface area contributed by atoms with E-state index in [-0.39, 0.29) is 0 Å². The summed E-state index contributed by atoms with van der Waals surface area (Å²) in [5.74, 6) is -0.897. The van der Waals surface area contributed by atoms with Crippen molar-refractivity contribution in [3.63, 3.8) is 0 Å². The standard InChI is InChI=1S/C16H16ClNO2/c1-11-6-2-4-8-13(11)15(16(19)20)18-10-12-7-3-5-9-14(12)17/h2-9,15,18H,10H2,1H3,(H,19,20). The Kier molecular flexibility index (Phi) is 4.77. The van der Waals surface area contributed by atoms with Crippen LogP contribution in [0.15, 0.2) is 48.5 Å². The van der Waals surface area contributed by atoms with Crippen LogP contribution in [-0.2, 0) is 11.3 Å². The number of rotatable bonds is 5. The van der Waals surface area contributed by atoms with Crippen molar-refractivity contribution in [2.24, 2.45) is 0 Å². The van der Waals surface area contributed by atoms with Gasteiger partial charge in [-0.3, -0.25) is 10.1 Å². The molecule has 4 heteroatoms. The minimum absolute atomic E-state index is 0.408. The van der Waals surface area contributed by atoms with Crippen molar-refractivity contribution < 1.29 is 9.90 Å². The molecule has 0 saturated heterocycles. The van der Waals surface area contributed by atoms with Gasteiger partial charge in [0.2, 0.25) is 0 Å². The van der Waals surface area contributed by atoms with Crippen molar-refractivity contribution in [2.45, 2.75) is 19.5 Å². The van der Waals surface area contributed by atoms with E-state index in [4.69, 9.17) is 11.6 Å². The van der Waals surface area contributed by atoms with Crippen molar-refractivity contribution in [1.29, 1.82) is 0 Å². The Bertz CT molecular complexity index is 613. The minimum Gasteiger partial charge on any atom is -0.480 e. The summed E-state index contributed by atoms with van der Waals surface area (Å²) in [5.41, 5.74) is 2.60. The number of halogens is 1. The van der Waals surface area contributed by atoms with Crippen molar-refractivity contribution in [3.05, 3.63) is 70.2 Å². The van der Waals surface area contributed by atoms with Crippen LogP contribution in [0, 0.1) is 6.92 Å². The molecule has 0 aliphatic rings. The Morgan fingerprint density at radius 3 is 2.50 bits per heavy atom. The molecule has 0 amide bonds. The van der Waals surface area contributed by atoms with E-state index in [0.29, 0.717) is 11.6 Å². The van der Waals surface area contributed by atoms with Gasteiger partial charge in [0.1, 0.15) is 6.04 Å². The third-order valence-electron chi connectivity index (χ3n) is 3.20. The van der Waals surface area contributed by atoms with Gasteiger partial charge in [0, 0.05) is 11.6 Å². The molecule has 0 aliphatic heterocycles. The zero-order chi connectivity index (χ0) is 14.5. The Balaban J connectivity index is 2.18. The van der Waals surface area contributed by atoms with E-state index in [2.05, 4.69) is 5.32 Å². The number of aliphatic carboxylic acids is 1. The van der Waals surface area contributed by atoms with Gasteiger partial charge in [0.15, 0.2) is 0 Å². The summed E-state index contributed by atoms with van der Waals surface area (Å²) in [6.45, 7) is 2.31. The van der Waals surface area contributed by atoms with Crippen LogP contribution in [-0.4, -0.2) is 11.1 Å². The quantitative estimate of drug-likeness (QED) is 0.885. The molecule has 0 heterocycles. The summed E-state index contributed by atoms with van der Waals surface area (Å²) in [4.78, 5) is 11.5. The lowest BCUT2D eigenvalue weighted by Gasteiger charge is -2.17. The van der Waals surface area contributed by atoms with E-state index in [9.17, 15) is 9.90 Å². The fourth-order valence-corrected chi connectivity index (χ4v) is 2.30. The second-order valence-electron chi connectivity index (χ2n) is 4.60. The number of carboxylic acids is 1. The SMILES string of the molecule is Cc1ccccc1C(NCc1ccccc1Cl)C(=O)O. The lowest BCUT2D eigenvalue weighted by atomic mass is 10.0. The van der Waals surface area contributed by atoms with Crippen LogP contribution in [0.4, 0.5) is 0 Å². The normalized spacial score (nSPS) is 12.1. The molecule has 0 spiro atoms. The van der Waals surface area contributed by atoms with Gasteiger partial charge in [0.05, 0.1) is 0 Å². The minimum atomic E-state index is -0.897. The maximum Gasteiger partial charge on any atom is 0.325 e. The number of hydrogen-bond donors (Lipinski definition) is 2. The van der Waals surface area contributed by atoms with Gasteiger partial charge in [-0.05, 0) is 29.7 Å². The van der Waals surface area contributed by atoms with E-state index in [0.717, 1.165) is 16.7 Å². The number of carboxylic acid groups (broad SMARTS) is 1. The zero-order valence-electron chi connectivity index (χ0n) is 11.1. The maximum atomic E-state index is 11.5. The van der Waals surface area contributed by atoms with E-state index in [1.54, 1.807) is 6.07 Å². The number of nitrogens with one attached hydrogen (secondary N) is 1. The van der Waals surface area contributed by atoms with Crippen molar-refractivity contribution in [1.82, 2.24) is 5.32 Å². The fraction of sp³-hybridized carbons (Fsp3) is 0.188. The molecule has 1 unspecified atom stereocenters. The van der Waals surface area contributed by atoms with E-state index in [1.165, 1.54) is 0 Å². The Morgan fingerprint density at radius 2 is 1.85 bits per heavy atom. The molecule has 20 heavy (non-hydrogen) atoms. The van der Waals surface area contributed by atoms with Crippen molar-refractivity contribution >= 4 is 17.6 Å². The highest BCUT2D eigenvalue weighted by molar-refractivity contribution is 6.31. The number of benzene rings is 2. The maximum absolute atomic E-state index is 11.5. The topological polar surface area (TPSA) is 49.3 Å². The second-order valence-corrected chi connectivity index (χ2v) is 5.01. The van der Waals surface area contributed by atoms with E-state index >= 15 is 0 Å². The summed E-state index contributed by atoms with van der Waals surface area (Å²) in [6.07, 6.45) is 0. The lowest BCUT2D eigenvalue weighted by Crippen LogP contribution is -2.28. The van der Waals surface area contributed by atoms with Gasteiger partial charge < -0.3 is 5.11 Å². The first kappa shape index (κ1) is 14.6. The average Bonchev–Trinajstić information content (AvgIpc) is 2.42. The Labute approximate surface area is 123 Å². The third kappa shape index (κ3) is 3.38. The molecule has 2 N–H and O–H groups in total. The predicted octanol–water partition coefficient (Wildman–Crippen LogP) is 3.56. The highest BCUT2D eigenvalue weighted by atomic mass is 35.5. The molecule has 0 radical (unpaired) electrons. The first-order valence-corrected chi connectivity index (χ1v) is 6.72. The largest absolute Gasteiger partial charge is 0.480 e. The number of carbonyl (C=O) groups is 1. The van der Waals surface area contributed by atoms with Crippen LogP contribution >= 0.6 is 11.6 Å². The molecule has 0 saturated carbocycles. The monoisotopic (exact) mass is 289 g/mol. The van der Waals surface area contributed by atoms with Crippen LogP contribution in [0.3, 0.4) is 0 Å². The molecule has 3 nitrogen and oxygen atoms in total. The van der Waals surface area contributed by atoms with Crippen LogP contribution in [0.5, 0.6) is 0 Å². The average molecular weight is 290 g/mol.